The van der Waals surface area contributed by atoms with Crippen molar-refractivity contribution in [2.75, 3.05) is 0 Å². The number of hydrogen-bond acceptors (Lipinski definition) is 8. The molecule has 2 amide bonds. The Morgan fingerprint density at radius 3 is 2.46 bits per heavy atom. The van der Waals surface area contributed by atoms with E-state index in [9.17, 15) is 32.5 Å². The minimum absolute atomic E-state index is 0.0209. The van der Waals surface area contributed by atoms with Crippen LogP contribution in [-0.2, 0) is 21.5 Å². The van der Waals surface area contributed by atoms with E-state index in [1.54, 1.807) is 6.07 Å². The average Bonchev–Trinajstić information content (AvgIpc) is 3.07. The van der Waals surface area contributed by atoms with Gasteiger partial charge < -0.3 is 4.18 Å². The van der Waals surface area contributed by atoms with Crippen LogP contribution in [0.2, 0.25) is 0 Å². The number of nitro benzene ring substituents is 1. The molecule has 0 N–H and O–H groups in total. The second-order valence-electron chi connectivity index (χ2n) is 7.26. The second-order valence-corrected chi connectivity index (χ2v) is 9.80. The van der Waals surface area contributed by atoms with E-state index in [-0.39, 0.29) is 22.1 Å². The van der Waals surface area contributed by atoms with E-state index < -0.39 is 37.7 Å². The number of imide groups is 1. The summed E-state index contributed by atoms with van der Waals surface area (Å²) in [5.41, 5.74) is 0.570. The largest absolute Gasteiger partial charge is 0.379 e. The first-order valence-corrected chi connectivity index (χ1v) is 12.1. The zero-order valence-electron chi connectivity index (χ0n) is 17.7. The fourth-order valence-electron chi connectivity index (χ4n) is 3.14. The van der Waals surface area contributed by atoms with E-state index in [1.807, 2.05) is 0 Å². The molecule has 0 radical (unpaired) electrons. The summed E-state index contributed by atoms with van der Waals surface area (Å²) in [6.45, 7) is -0.0209. The van der Waals surface area contributed by atoms with Gasteiger partial charge in [0.15, 0.2) is 0 Å². The van der Waals surface area contributed by atoms with Gasteiger partial charge in [-0.25, -0.2) is 4.39 Å². The Morgan fingerprint density at radius 2 is 1.74 bits per heavy atom. The Balaban J connectivity index is 1.53. The summed E-state index contributed by atoms with van der Waals surface area (Å²) in [6, 6.07) is 15.7. The minimum atomic E-state index is -4.37. The molecule has 178 valence electrons. The maximum atomic E-state index is 13.1. The molecule has 1 aliphatic heterocycles. The maximum absolute atomic E-state index is 13.1. The lowest BCUT2D eigenvalue weighted by Gasteiger charge is -2.12. The van der Waals surface area contributed by atoms with Crippen LogP contribution in [0.3, 0.4) is 0 Å². The lowest BCUT2D eigenvalue weighted by molar-refractivity contribution is -0.385. The number of carbonyl (C=O) groups is 2. The summed E-state index contributed by atoms with van der Waals surface area (Å²) in [4.78, 5) is 36.0. The van der Waals surface area contributed by atoms with E-state index in [1.165, 1.54) is 60.7 Å². The molecule has 1 fully saturated rings. The number of nitrogens with zero attached hydrogens (tertiary/aromatic N) is 2. The average molecular weight is 515 g/mol. The van der Waals surface area contributed by atoms with Gasteiger partial charge in [0, 0.05) is 12.1 Å². The number of nitro groups is 1. The van der Waals surface area contributed by atoms with Gasteiger partial charge in [-0.2, -0.15) is 8.42 Å². The molecule has 0 bridgehead atoms. The van der Waals surface area contributed by atoms with E-state index in [0.29, 0.717) is 11.1 Å². The Hall–Kier alpha value is -4.03. The number of rotatable bonds is 7. The molecule has 0 spiro atoms. The third-order valence-electron chi connectivity index (χ3n) is 4.81. The third-order valence-corrected chi connectivity index (χ3v) is 6.96. The molecule has 4 rings (SSSR count). The summed E-state index contributed by atoms with van der Waals surface area (Å²) in [7, 11) is -4.37. The Labute approximate surface area is 203 Å². The van der Waals surface area contributed by atoms with Crippen molar-refractivity contribution in [1.82, 2.24) is 4.90 Å². The van der Waals surface area contributed by atoms with Crippen LogP contribution >= 0.6 is 11.8 Å². The van der Waals surface area contributed by atoms with Gasteiger partial charge in [-0.3, -0.25) is 24.6 Å². The Bertz CT molecular complexity index is 1470. The number of hydrogen-bond donors (Lipinski definition) is 0. The van der Waals surface area contributed by atoms with Crippen molar-refractivity contribution < 1.29 is 31.5 Å². The fourth-order valence-corrected chi connectivity index (χ4v) is 4.95. The smallest absolute Gasteiger partial charge is 0.339 e. The summed E-state index contributed by atoms with van der Waals surface area (Å²) in [5, 5.41) is 10.4. The minimum Gasteiger partial charge on any atom is -0.379 e. The predicted molar refractivity (Wildman–Crippen MR) is 125 cm³/mol. The van der Waals surface area contributed by atoms with Crippen LogP contribution in [0.25, 0.3) is 6.08 Å². The number of benzene rings is 3. The summed E-state index contributed by atoms with van der Waals surface area (Å²) >= 11 is 0.721. The molecule has 9 nitrogen and oxygen atoms in total. The lowest BCUT2D eigenvalue weighted by Crippen LogP contribution is -2.27. The molecule has 35 heavy (non-hydrogen) atoms. The quantitative estimate of drug-likeness (QED) is 0.192. The van der Waals surface area contributed by atoms with Crippen LogP contribution in [0.1, 0.15) is 11.1 Å². The van der Waals surface area contributed by atoms with Crippen molar-refractivity contribution in [3.63, 3.8) is 0 Å². The molecule has 3 aromatic carbocycles. The topological polar surface area (TPSA) is 124 Å². The molecule has 0 atom stereocenters. The first-order valence-electron chi connectivity index (χ1n) is 9.91. The molecule has 1 saturated heterocycles. The van der Waals surface area contributed by atoms with Gasteiger partial charge in [-0.05, 0) is 59.3 Å². The highest BCUT2D eigenvalue weighted by molar-refractivity contribution is 8.18. The van der Waals surface area contributed by atoms with Gasteiger partial charge in [0.05, 0.1) is 16.4 Å². The van der Waals surface area contributed by atoms with Crippen LogP contribution in [-0.4, -0.2) is 29.4 Å². The van der Waals surface area contributed by atoms with Gasteiger partial charge in [-0.1, -0.05) is 30.3 Å². The zero-order chi connectivity index (χ0) is 25.2. The van der Waals surface area contributed by atoms with Crippen LogP contribution in [0.15, 0.2) is 82.6 Å². The predicted octanol–water partition coefficient (Wildman–Crippen LogP) is 4.74. The summed E-state index contributed by atoms with van der Waals surface area (Å²) < 4.78 is 43.4. The highest BCUT2D eigenvalue weighted by atomic mass is 32.2. The first kappa shape index (κ1) is 24.1. The number of halogens is 1. The highest BCUT2D eigenvalue weighted by Crippen LogP contribution is 2.34. The molecule has 0 aliphatic carbocycles. The molecular weight excluding hydrogens is 499 g/mol. The standard InChI is InChI=1S/C23H15FN2O7S2/c24-17-9-7-15(8-10-17)14-25-22(27)21(34-23(25)28)12-16-3-1-5-19(11-16)33-35(31,32)20-6-2-4-18(13-20)26(29)30/h1-13H,14H2/b21-12-. The molecule has 1 heterocycles. The summed E-state index contributed by atoms with van der Waals surface area (Å²) in [5.74, 6) is -1.06. The van der Waals surface area contributed by atoms with Crippen LogP contribution in [0.4, 0.5) is 14.9 Å². The van der Waals surface area contributed by atoms with Gasteiger partial charge in [0.1, 0.15) is 16.5 Å². The SMILES string of the molecule is O=C1S/C(=C\c2cccc(OS(=O)(=O)c3cccc([N+](=O)[O-])c3)c2)C(=O)N1Cc1ccc(F)cc1. The maximum Gasteiger partial charge on any atom is 0.339 e. The van der Waals surface area contributed by atoms with Crippen molar-refractivity contribution in [2.45, 2.75) is 11.4 Å². The van der Waals surface area contributed by atoms with Crippen molar-refractivity contribution in [3.05, 3.63) is 105 Å². The number of thioether (sulfide) groups is 1. The van der Waals surface area contributed by atoms with Gasteiger partial charge in [-0.15, -0.1) is 0 Å². The monoisotopic (exact) mass is 514 g/mol. The van der Waals surface area contributed by atoms with Crippen LogP contribution in [0.5, 0.6) is 5.75 Å². The number of non-ortho nitro benzene ring substituents is 1. The van der Waals surface area contributed by atoms with Gasteiger partial charge in [0.2, 0.25) is 0 Å². The number of amides is 2. The van der Waals surface area contributed by atoms with Crippen molar-refractivity contribution in [2.24, 2.45) is 0 Å². The molecule has 3 aromatic rings. The van der Waals surface area contributed by atoms with E-state index in [0.717, 1.165) is 28.8 Å². The number of carbonyl (C=O) groups excluding carboxylic acids is 2. The third kappa shape index (κ3) is 5.55. The van der Waals surface area contributed by atoms with E-state index in [2.05, 4.69) is 0 Å². The molecule has 0 aromatic heterocycles. The second kappa shape index (κ2) is 9.68. The lowest BCUT2D eigenvalue weighted by atomic mass is 10.2. The van der Waals surface area contributed by atoms with Crippen molar-refractivity contribution in [1.29, 1.82) is 0 Å². The zero-order valence-corrected chi connectivity index (χ0v) is 19.3. The molecule has 0 unspecified atom stereocenters. The van der Waals surface area contributed by atoms with E-state index >= 15 is 0 Å². The fraction of sp³-hybridized carbons (Fsp3) is 0.0435. The molecular formula is C23H15FN2O7S2. The van der Waals surface area contributed by atoms with Gasteiger partial charge in [0.25, 0.3) is 16.8 Å². The molecule has 1 aliphatic rings. The van der Waals surface area contributed by atoms with Crippen LogP contribution in [0, 0.1) is 15.9 Å². The first-order chi connectivity index (χ1) is 16.6. The van der Waals surface area contributed by atoms with Crippen LogP contribution < -0.4 is 4.18 Å². The van der Waals surface area contributed by atoms with Crippen molar-refractivity contribution >= 4 is 44.8 Å². The Kier molecular flexibility index (Phi) is 6.67. The molecule has 12 heteroatoms. The van der Waals surface area contributed by atoms with Crippen molar-refractivity contribution in [3.8, 4) is 5.75 Å². The highest BCUT2D eigenvalue weighted by Gasteiger charge is 2.35. The Morgan fingerprint density at radius 1 is 1.03 bits per heavy atom. The molecule has 0 saturated carbocycles. The normalized spacial score (nSPS) is 15.0. The van der Waals surface area contributed by atoms with Gasteiger partial charge >= 0.3 is 10.1 Å². The summed E-state index contributed by atoms with van der Waals surface area (Å²) in [6.07, 6.45) is 1.42. The van der Waals surface area contributed by atoms with E-state index in [4.69, 9.17) is 4.18 Å².